The first kappa shape index (κ1) is 27.8. The topological polar surface area (TPSA) is 109 Å². The first-order valence-electron chi connectivity index (χ1n) is 12.3. The average molecular weight is 598 g/mol. The quantitative estimate of drug-likeness (QED) is 0.243. The lowest BCUT2D eigenvalue weighted by molar-refractivity contribution is 0.417. The minimum atomic E-state index is -3.51. The van der Waals surface area contributed by atoms with E-state index in [9.17, 15) is 13.5 Å². The van der Waals surface area contributed by atoms with Crippen molar-refractivity contribution in [3.8, 4) is 17.2 Å². The number of thiocarbonyl (C=S) groups is 1. The summed E-state index contributed by atoms with van der Waals surface area (Å²) in [5.41, 5.74) is 5.13. The minimum absolute atomic E-state index is 0.106. The van der Waals surface area contributed by atoms with Crippen LogP contribution in [0.15, 0.2) is 66.9 Å². The Hall–Kier alpha value is -3.80. The summed E-state index contributed by atoms with van der Waals surface area (Å²) in [5.74, 6) is 0.453. The van der Waals surface area contributed by atoms with Crippen LogP contribution in [0.4, 0.5) is 11.4 Å². The molecule has 0 saturated carbocycles. The van der Waals surface area contributed by atoms with E-state index < -0.39 is 10.0 Å². The van der Waals surface area contributed by atoms with Gasteiger partial charge in [0, 0.05) is 34.4 Å². The molecule has 0 radical (unpaired) electrons. The number of pyridine rings is 1. The van der Waals surface area contributed by atoms with Crippen molar-refractivity contribution in [1.82, 2.24) is 14.9 Å². The number of nitrogens with zero attached hydrogens (tertiary/aromatic N) is 3. The number of rotatable bonds is 7. The molecule has 3 heterocycles. The minimum Gasteiger partial charge on any atom is -0.506 e. The van der Waals surface area contributed by atoms with E-state index in [0.717, 1.165) is 28.9 Å². The van der Waals surface area contributed by atoms with Crippen LogP contribution in [0.1, 0.15) is 34.7 Å². The Kier molecular flexibility index (Phi) is 7.38. The van der Waals surface area contributed by atoms with Gasteiger partial charge in [-0.25, -0.2) is 8.42 Å². The van der Waals surface area contributed by atoms with Crippen molar-refractivity contribution in [1.29, 1.82) is 0 Å². The summed E-state index contributed by atoms with van der Waals surface area (Å²) in [6.45, 7) is 3.95. The molecule has 9 nitrogen and oxygen atoms in total. The van der Waals surface area contributed by atoms with E-state index >= 15 is 0 Å². The Morgan fingerprint density at radius 1 is 1.12 bits per heavy atom. The van der Waals surface area contributed by atoms with Gasteiger partial charge >= 0.3 is 0 Å². The fourth-order valence-corrected chi connectivity index (χ4v) is 6.28. The molecule has 3 N–H and O–H groups in total. The molecule has 0 aliphatic carbocycles. The van der Waals surface area contributed by atoms with Gasteiger partial charge in [-0.2, -0.15) is 0 Å². The summed E-state index contributed by atoms with van der Waals surface area (Å²) < 4.78 is 33.8. The molecule has 12 heteroatoms. The number of hydrogen-bond acceptors (Lipinski definition) is 6. The second-order valence-electron chi connectivity index (χ2n) is 9.55. The third-order valence-electron chi connectivity index (χ3n) is 6.82. The largest absolute Gasteiger partial charge is 0.506 e. The standard InChI is InChI=1S/C28H28ClN5O4S2/c1-16-13-20(17(2)33(16)23-14-18(29)8-11-24(23)35)27-26(22-7-5-6-12-30-22)31-28(39)34(27)19-9-10-21(25(15-19)38-3)32-40(4,36)37/h5-15,26-27,32,35H,1-4H3,(H,31,39)/t26-,27+/m0/s1. The Morgan fingerprint density at radius 2 is 1.90 bits per heavy atom. The summed E-state index contributed by atoms with van der Waals surface area (Å²) in [5, 5.41) is 15.1. The Labute approximate surface area is 243 Å². The van der Waals surface area contributed by atoms with Gasteiger partial charge in [-0.3, -0.25) is 9.71 Å². The summed E-state index contributed by atoms with van der Waals surface area (Å²) in [7, 11) is -2.04. The number of hydrogen-bond donors (Lipinski definition) is 3. The van der Waals surface area contributed by atoms with Gasteiger partial charge in [-0.15, -0.1) is 0 Å². The molecule has 1 saturated heterocycles. The van der Waals surface area contributed by atoms with Gasteiger partial charge < -0.3 is 24.6 Å². The second kappa shape index (κ2) is 10.6. The first-order valence-corrected chi connectivity index (χ1v) is 15.0. The molecule has 1 aliphatic rings. The number of aromatic nitrogens is 2. The monoisotopic (exact) mass is 597 g/mol. The van der Waals surface area contributed by atoms with E-state index in [-0.39, 0.29) is 17.8 Å². The molecule has 2 atom stereocenters. The van der Waals surface area contributed by atoms with Crippen LogP contribution >= 0.6 is 23.8 Å². The number of phenolic OH excluding ortho intramolecular Hbond substituents is 1. The van der Waals surface area contributed by atoms with Gasteiger partial charge in [0.2, 0.25) is 10.0 Å². The highest BCUT2D eigenvalue weighted by Gasteiger charge is 2.42. The molecule has 40 heavy (non-hydrogen) atoms. The highest BCUT2D eigenvalue weighted by molar-refractivity contribution is 7.92. The third kappa shape index (κ3) is 5.19. The SMILES string of the molecule is COc1cc(N2C(=S)N[C@@H](c3ccccn3)[C@H]2c2cc(C)n(-c3cc(Cl)ccc3O)c2C)ccc1NS(C)(=O)=O. The molecule has 0 spiro atoms. The molecule has 1 fully saturated rings. The molecule has 0 bridgehead atoms. The van der Waals surface area contributed by atoms with Crippen LogP contribution in [0.3, 0.4) is 0 Å². The van der Waals surface area contributed by atoms with Gasteiger partial charge in [-0.1, -0.05) is 17.7 Å². The molecule has 4 aromatic rings. The van der Waals surface area contributed by atoms with Crippen LogP contribution < -0.4 is 19.7 Å². The normalized spacial score (nSPS) is 17.1. The predicted octanol–water partition coefficient (Wildman–Crippen LogP) is 5.41. The maximum absolute atomic E-state index is 11.9. The highest BCUT2D eigenvalue weighted by atomic mass is 35.5. The zero-order chi connectivity index (χ0) is 28.8. The maximum atomic E-state index is 11.9. The van der Waals surface area contributed by atoms with Gasteiger partial charge in [0.05, 0.1) is 42.5 Å². The molecule has 208 valence electrons. The second-order valence-corrected chi connectivity index (χ2v) is 12.1. The van der Waals surface area contributed by atoms with Crippen molar-refractivity contribution in [3.63, 3.8) is 0 Å². The van der Waals surface area contributed by atoms with Crippen LogP contribution in [-0.4, -0.2) is 41.6 Å². The summed E-state index contributed by atoms with van der Waals surface area (Å²) in [4.78, 5) is 6.59. The fourth-order valence-electron chi connectivity index (χ4n) is 5.20. The number of anilines is 2. The fraction of sp³-hybridized carbons (Fsp3) is 0.214. The summed E-state index contributed by atoms with van der Waals surface area (Å²) in [6.07, 6.45) is 2.82. The molecular formula is C28H28ClN5O4S2. The van der Waals surface area contributed by atoms with Crippen molar-refractivity contribution in [2.24, 2.45) is 0 Å². The van der Waals surface area contributed by atoms with E-state index in [2.05, 4.69) is 21.1 Å². The van der Waals surface area contributed by atoms with Crippen LogP contribution in [0.2, 0.25) is 5.02 Å². The van der Waals surface area contributed by atoms with Gasteiger partial charge in [0.15, 0.2) is 5.11 Å². The van der Waals surface area contributed by atoms with E-state index in [1.807, 2.05) is 41.5 Å². The molecular weight excluding hydrogens is 570 g/mol. The van der Waals surface area contributed by atoms with Crippen LogP contribution in [-0.2, 0) is 10.0 Å². The molecule has 0 unspecified atom stereocenters. The number of halogens is 1. The Balaban J connectivity index is 1.68. The highest BCUT2D eigenvalue weighted by Crippen LogP contribution is 2.45. The number of nitrogens with one attached hydrogen (secondary N) is 2. The maximum Gasteiger partial charge on any atom is 0.229 e. The van der Waals surface area contributed by atoms with Crippen molar-refractivity contribution >= 4 is 50.3 Å². The van der Waals surface area contributed by atoms with Crippen molar-refractivity contribution in [2.75, 3.05) is 23.0 Å². The lowest BCUT2D eigenvalue weighted by atomic mass is 9.96. The van der Waals surface area contributed by atoms with Gasteiger partial charge in [0.25, 0.3) is 0 Å². The molecule has 2 aromatic heterocycles. The van der Waals surface area contributed by atoms with E-state index in [0.29, 0.717) is 32.9 Å². The first-order chi connectivity index (χ1) is 19.0. The number of methoxy groups -OCH3 is 1. The number of sulfonamides is 1. The van der Waals surface area contributed by atoms with Crippen LogP contribution in [0, 0.1) is 13.8 Å². The van der Waals surface area contributed by atoms with Crippen molar-refractivity contribution < 1.29 is 18.3 Å². The predicted molar refractivity (Wildman–Crippen MR) is 161 cm³/mol. The number of aromatic hydroxyl groups is 1. The Morgan fingerprint density at radius 3 is 2.58 bits per heavy atom. The number of benzene rings is 2. The smallest absolute Gasteiger partial charge is 0.229 e. The number of phenols is 1. The van der Waals surface area contributed by atoms with Crippen molar-refractivity contribution in [3.05, 3.63) is 94.5 Å². The van der Waals surface area contributed by atoms with Gasteiger partial charge in [0.1, 0.15) is 11.5 Å². The molecule has 2 aromatic carbocycles. The zero-order valence-corrected chi connectivity index (χ0v) is 24.6. The van der Waals surface area contributed by atoms with E-state index in [4.69, 9.17) is 28.6 Å². The molecule has 0 amide bonds. The number of aryl methyl sites for hydroxylation is 1. The lowest BCUT2D eigenvalue weighted by Gasteiger charge is -2.29. The number of ether oxygens (including phenoxy) is 1. The Bertz CT molecular complexity index is 1710. The lowest BCUT2D eigenvalue weighted by Crippen LogP contribution is -2.29. The third-order valence-corrected chi connectivity index (χ3v) is 7.96. The summed E-state index contributed by atoms with van der Waals surface area (Å²) >= 11 is 12.2. The van der Waals surface area contributed by atoms with Gasteiger partial charge in [-0.05, 0) is 80.2 Å². The zero-order valence-electron chi connectivity index (χ0n) is 22.2. The average Bonchev–Trinajstić information content (AvgIpc) is 3.40. The van der Waals surface area contributed by atoms with Crippen LogP contribution in [0.5, 0.6) is 11.5 Å². The van der Waals surface area contributed by atoms with Crippen molar-refractivity contribution in [2.45, 2.75) is 25.9 Å². The molecule has 5 rings (SSSR count). The van der Waals surface area contributed by atoms with E-state index in [1.165, 1.54) is 7.11 Å². The van der Waals surface area contributed by atoms with Crippen LogP contribution in [0.25, 0.3) is 5.69 Å². The van der Waals surface area contributed by atoms with E-state index in [1.54, 1.807) is 42.6 Å². The summed E-state index contributed by atoms with van der Waals surface area (Å²) in [6, 6.07) is 17.3. The molecule has 1 aliphatic heterocycles.